The zero-order chi connectivity index (χ0) is 41.9. The first kappa shape index (κ1) is 44.0. The Morgan fingerprint density at radius 1 is 1.12 bits per heavy atom. The van der Waals surface area contributed by atoms with E-state index in [0.717, 1.165) is 23.8 Å². The molecule has 59 heavy (non-hydrogen) atoms. The summed E-state index contributed by atoms with van der Waals surface area (Å²) in [4.78, 5) is 59.1. The van der Waals surface area contributed by atoms with Gasteiger partial charge in [0.1, 0.15) is 30.2 Å². The monoisotopic (exact) mass is 841 g/mol. The number of urea groups is 1. The van der Waals surface area contributed by atoms with Gasteiger partial charge < -0.3 is 39.6 Å². The van der Waals surface area contributed by atoms with Gasteiger partial charge in [0.2, 0.25) is 11.8 Å². The van der Waals surface area contributed by atoms with Crippen molar-refractivity contribution < 1.29 is 46.6 Å². The van der Waals surface area contributed by atoms with Crippen molar-refractivity contribution >= 4 is 42.7 Å². The van der Waals surface area contributed by atoms with Crippen LogP contribution in [0.1, 0.15) is 43.6 Å². The molecule has 1 aromatic heterocycles. The summed E-state index contributed by atoms with van der Waals surface area (Å²) >= 11 is 1.34. The fourth-order valence-electron chi connectivity index (χ4n) is 7.63. The van der Waals surface area contributed by atoms with Gasteiger partial charge in [-0.15, -0.1) is 0 Å². The van der Waals surface area contributed by atoms with Crippen LogP contribution in [0, 0.1) is 23.5 Å². The molecule has 0 spiro atoms. The number of ether oxygens (including phenoxy) is 3. The van der Waals surface area contributed by atoms with Gasteiger partial charge in [0, 0.05) is 70.0 Å². The van der Waals surface area contributed by atoms with E-state index in [-0.39, 0.29) is 86.7 Å². The molecule has 5 atom stereocenters. The Balaban J connectivity index is 1.16. The van der Waals surface area contributed by atoms with Gasteiger partial charge in [-0.05, 0) is 49.4 Å². The molecule has 318 valence electrons. The molecule has 19 heteroatoms. The van der Waals surface area contributed by atoms with Crippen molar-refractivity contribution in [1.29, 1.82) is 0 Å². The van der Waals surface area contributed by atoms with Crippen molar-refractivity contribution in [3.05, 3.63) is 77.8 Å². The third-order valence-electron chi connectivity index (χ3n) is 10.8. The molecule has 3 saturated heterocycles. The van der Waals surface area contributed by atoms with Gasteiger partial charge >= 0.3 is 12.1 Å². The maximum Gasteiger partial charge on any atom is 0.407 e. The Morgan fingerprint density at radius 2 is 1.90 bits per heavy atom. The summed E-state index contributed by atoms with van der Waals surface area (Å²) in [7, 11) is 1.79. The number of aromatic nitrogens is 2. The number of amides is 5. The van der Waals surface area contributed by atoms with Crippen molar-refractivity contribution in [2.45, 2.75) is 56.2 Å². The highest BCUT2D eigenvalue weighted by molar-refractivity contribution is 8.20. The summed E-state index contributed by atoms with van der Waals surface area (Å²) < 4.78 is 63.5. The Labute approximate surface area is 346 Å². The van der Waals surface area contributed by atoms with E-state index < -0.39 is 47.9 Å². The molecule has 0 saturated carbocycles. The van der Waals surface area contributed by atoms with Crippen molar-refractivity contribution in [2.24, 2.45) is 11.8 Å². The van der Waals surface area contributed by atoms with E-state index in [1.807, 2.05) is 34.9 Å². The molecule has 4 heterocycles. The molecule has 1 unspecified atom stereocenters. The Kier molecular flexibility index (Phi) is 15.7. The zero-order valence-corrected chi connectivity index (χ0v) is 34.1. The molecule has 3 aliphatic rings. The van der Waals surface area contributed by atoms with Crippen LogP contribution in [0.2, 0.25) is 0 Å². The highest BCUT2D eigenvalue weighted by Crippen LogP contribution is 2.38. The van der Waals surface area contributed by atoms with Gasteiger partial charge in [0.05, 0.1) is 42.8 Å². The van der Waals surface area contributed by atoms with Crippen LogP contribution >= 0.6 is 11.6 Å². The normalized spacial score (nSPS) is 20.7. The maximum atomic E-state index is 15.3. The van der Waals surface area contributed by atoms with Gasteiger partial charge in [0.25, 0.3) is 0 Å². The number of nitrogens with zero attached hydrogens (tertiary/aromatic N) is 4. The summed E-state index contributed by atoms with van der Waals surface area (Å²) in [5.41, 5.74) is 1.08. The smallest absolute Gasteiger partial charge is 0.407 e. The molecule has 3 fully saturated rings. The summed E-state index contributed by atoms with van der Waals surface area (Å²) in [6.45, 7) is 3.65. The average molecular weight is 842 g/mol. The molecule has 0 aliphatic carbocycles. The van der Waals surface area contributed by atoms with E-state index in [4.69, 9.17) is 19.2 Å². The lowest BCUT2D eigenvalue weighted by molar-refractivity contribution is -0.139. The lowest BCUT2D eigenvalue weighted by Crippen LogP contribution is -2.52. The summed E-state index contributed by atoms with van der Waals surface area (Å²) in [6, 6.07) is 10.8. The number of alkyl halides is 1. The summed E-state index contributed by atoms with van der Waals surface area (Å²) in [5, 5.41) is 8.23. The maximum absolute atomic E-state index is 15.3. The third-order valence-corrected chi connectivity index (χ3v) is 11.7. The molecule has 3 aliphatic heterocycles. The van der Waals surface area contributed by atoms with Gasteiger partial charge in [-0.2, -0.15) is 0 Å². The quantitative estimate of drug-likeness (QED) is 0.0986. The zero-order valence-electron chi connectivity index (χ0n) is 33.2. The number of likely N-dealkylation sites (tertiary alicyclic amines) is 1. The van der Waals surface area contributed by atoms with Gasteiger partial charge in [-0.25, -0.2) is 39.4 Å². The Hall–Kier alpha value is -4.59. The lowest BCUT2D eigenvalue weighted by atomic mass is 9.89. The highest BCUT2D eigenvalue weighted by atomic mass is 32.2. The van der Waals surface area contributed by atoms with E-state index in [1.165, 1.54) is 16.5 Å². The van der Waals surface area contributed by atoms with Crippen LogP contribution in [0.4, 0.5) is 22.8 Å². The molecule has 3 N–H and O–H groups in total. The number of hydrogen-bond acceptors (Lipinski definition) is 10. The van der Waals surface area contributed by atoms with Crippen LogP contribution in [0.25, 0.3) is 11.3 Å². The van der Waals surface area contributed by atoms with Crippen LogP contribution in [0.3, 0.4) is 0 Å². The fourth-order valence-corrected chi connectivity index (χ4v) is 8.27. The number of alkyl carbamates (subject to hydrolysis) is 1. The minimum Gasteiger partial charge on any atom is -0.447 e. The Bertz CT molecular complexity index is 1910. The molecule has 2 aromatic carbocycles. The number of benzene rings is 2. The summed E-state index contributed by atoms with van der Waals surface area (Å²) in [5.74, 6) is -2.02. The van der Waals surface area contributed by atoms with Crippen LogP contribution in [-0.2, 0) is 30.3 Å². The number of nitrogens with one attached hydrogen (secondary N) is 3. The molecule has 14 nitrogen and oxygen atoms in total. The number of carbonyl (C=O) groups is 4. The van der Waals surface area contributed by atoms with Crippen molar-refractivity contribution in [3.8, 4) is 11.3 Å². The number of halogens is 3. The number of hydrogen-bond donors (Lipinski definition) is 3. The SMILES string of the molecule is BSC1CC(=O)N(CCOCCNC(=O)OC[C@H](C)NC(=O)N(C[C@@H]2CNC[C@@H]2F)[C@@H](c2nc(-c3cc(F)ccc3F)cn2Cc2ccccc2)C2CCOCC2)C1=O. The third kappa shape index (κ3) is 11.6. The second kappa shape index (κ2) is 21.1. The minimum absolute atomic E-state index is 0.0240. The standard InChI is InChI=1S/C40H51BF3N7O7S/c1-25(24-58-40(55)46-11-15-57-16-12-50-35(52)18-34(59-41)38(50)53)47-39(54)51(22-28-19-45-20-32(28)44)36(27-9-13-56-14-10-27)37-48-33(30-17-29(42)7-8-31(30)43)23-49(37)21-26-5-3-2-4-6-26/h2-8,17,23,25,27-28,32,34,36,45H,9-16,18-22,24,41H2,1H3,(H,46,55)(H,47,54)/t25-,28-,32-,34?,36+/m0/s1. The highest BCUT2D eigenvalue weighted by Gasteiger charge is 2.41. The number of rotatable bonds is 18. The number of carbonyl (C=O) groups excluding carboxylic acids is 4. The van der Waals surface area contributed by atoms with E-state index in [2.05, 4.69) is 16.0 Å². The van der Waals surface area contributed by atoms with E-state index in [1.54, 1.807) is 25.1 Å². The molecule has 0 bridgehead atoms. The molecule has 6 rings (SSSR count). The molecular formula is C40H51BF3N7O7S. The van der Waals surface area contributed by atoms with Crippen molar-refractivity contribution in [1.82, 2.24) is 35.3 Å². The predicted molar refractivity (Wildman–Crippen MR) is 217 cm³/mol. The van der Waals surface area contributed by atoms with E-state index in [9.17, 15) is 23.6 Å². The molecular weight excluding hydrogens is 790 g/mol. The molecule has 0 radical (unpaired) electrons. The molecule has 3 aromatic rings. The van der Waals surface area contributed by atoms with Crippen LogP contribution in [-0.4, -0.2) is 134 Å². The van der Waals surface area contributed by atoms with Crippen molar-refractivity contribution in [2.75, 3.05) is 65.8 Å². The van der Waals surface area contributed by atoms with Crippen molar-refractivity contribution in [3.63, 3.8) is 0 Å². The predicted octanol–water partition coefficient (Wildman–Crippen LogP) is 3.45. The second-order valence-corrected chi connectivity index (χ2v) is 16.0. The van der Waals surface area contributed by atoms with E-state index in [0.29, 0.717) is 45.0 Å². The topological polar surface area (TPSA) is 156 Å². The van der Waals surface area contributed by atoms with E-state index >= 15 is 8.78 Å². The fraction of sp³-hybridized carbons (Fsp3) is 0.525. The largest absolute Gasteiger partial charge is 0.447 e. The first-order valence-corrected chi connectivity index (χ1v) is 21.2. The van der Waals surface area contributed by atoms with Gasteiger partial charge in [-0.3, -0.25) is 14.5 Å². The minimum atomic E-state index is -1.21. The summed E-state index contributed by atoms with van der Waals surface area (Å²) in [6.07, 6.45) is 1.01. The number of imide groups is 1. The van der Waals surface area contributed by atoms with Crippen LogP contribution < -0.4 is 16.0 Å². The lowest BCUT2D eigenvalue weighted by Gasteiger charge is -2.40. The molecule has 5 amide bonds. The van der Waals surface area contributed by atoms with Gasteiger partial charge in [-0.1, -0.05) is 30.3 Å². The van der Waals surface area contributed by atoms with Crippen LogP contribution in [0.5, 0.6) is 0 Å². The Morgan fingerprint density at radius 3 is 2.61 bits per heavy atom. The van der Waals surface area contributed by atoms with Crippen LogP contribution in [0.15, 0.2) is 54.7 Å². The first-order chi connectivity index (χ1) is 28.5. The average Bonchev–Trinajstić information content (AvgIpc) is 3.92. The second-order valence-electron chi connectivity index (χ2n) is 15.0. The number of imidazole rings is 1. The first-order valence-electron chi connectivity index (χ1n) is 19.9. The van der Waals surface area contributed by atoms with Gasteiger partial charge in [0.15, 0.2) is 7.12 Å².